The number of allylic oxidation sites excluding steroid dienone is 1. The smallest absolute Gasteiger partial charge is 0.343 e. The molecule has 0 radical (unpaired) electrons. The summed E-state index contributed by atoms with van der Waals surface area (Å²) in [5.74, 6) is -0.366. The van der Waals surface area contributed by atoms with E-state index in [1.165, 1.54) is 17.5 Å². The van der Waals surface area contributed by atoms with Gasteiger partial charge >= 0.3 is 5.97 Å². The standard InChI is InChI=1S/C31H40O4Si/c1-24-22-25(35-31(24,28(32)33-6)30(5)20-14-9-15-21-30)23-34-36(29(2,3)4,26-16-10-7-11-17-26)27-18-12-8-13-19-27/h7-8,10-14,16-20,25H,1,9,15,21-23H2,2-6H3/t25-,30+,31+/m0/s1. The molecule has 0 bridgehead atoms. The number of carbonyl (C=O) groups excluding carboxylic acids is 1. The lowest BCUT2D eigenvalue weighted by Gasteiger charge is -2.45. The summed E-state index contributed by atoms with van der Waals surface area (Å²) in [7, 11) is -1.29. The van der Waals surface area contributed by atoms with Gasteiger partial charge in [0.05, 0.1) is 19.8 Å². The number of ether oxygens (including phenoxy) is 2. The van der Waals surface area contributed by atoms with E-state index in [1.54, 1.807) is 0 Å². The summed E-state index contributed by atoms with van der Waals surface area (Å²) in [6.07, 6.45) is 7.42. The van der Waals surface area contributed by atoms with E-state index in [2.05, 4.69) is 95.0 Å². The Morgan fingerprint density at radius 2 is 1.67 bits per heavy atom. The van der Waals surface area contributed by atoms with Crippen LogP contribution in [-0.2, 0) is 18.7 Å². The van der Waals surface area contributed by atoms with Gasteiger partial charge in [0.2, 0.25) is 0 Å². The SMILES string of the molecule is C=C1C[C@@H](CO[Si](c2ccccc2)(c2ccccc2)C(C)(C)C)O[C@]1(C(=O)OC)[C@]1(C)C=CCCC1. The number of esters is 1. The Kier molecular flexibility index (Phi) is 7.47. The summed E-state index contributed by atoms with van der Waals surface area (Å²) in [4.78, 5) is 13.3. The van der Waals surface area contributed by atoms with Crippen molar-refractivity contribution in [1.29, 1.82) is 0 Å². The fourth-order valence-corrected chi connectivity index (χ4v) is 10.9. The number of methoxy groups -OCH3 is 1. The van der Waals surface area contributed by atoms with Gasteiger partial charge in [0.25, 0.3) is 8.32 Å². The lowest BCUT2D eigenvalue weighted by molar-refractivity contribution is -0.179. The third-order valence-corrected chi connectivity index (χ3v) is 13.1. The second kappa shape index (κ2) is 10.1. The summed E-state index contributed by atoms with van der Waals surface area (Å²) in [5.41, 5.74) is -0.917. The maximum atomic E-state index is 13.3. The summed E-state index contributed by atoms with van der Waals surface area (Å²) >= 11 is 0. The van der Waals surface area contributed by atoms with Gasteiger partial charge in [0, 0.05) is 5.41 Å². The molecule has 0 N–H and O–H groups in total. The first-order valence-corrected chi connectivity index (χ1v) is 14.9. The van der Waals surface area contributed by atoms with Crippen molar-refractivity contribution in [3.05, 3.63) is 85.0 Å². The Morgan fingerprint density at radius 1 is 1.08 bits per heavy atom. The van der Waals surface area contributed by atoms with Crippen LogP contribution in [0.1, 0.15) is 53.4 Å². The Morgan fingerprint density at radius 3 is 2.14 bits per heavy atom. The van der Waals surface area contributed by atoms with Gasteiger partial charge < -0.3 is 13.9 Å². The predicted molar refractivity (Wildman–Crippen MR) is 148 cm³/mol. The molecule has 4 nitrogen and oxygen atoms in total. The van der Waals surface area contributed by atoms with Gasteiger partial charge in [0.1, 0.15) is 0 Å². The minimum atomic E-state index is -2.72. The second-order valence-corrected chi connectivity index (χ2v) is 15.7. The molecule has 192 valence electrons. The summed E-state index contributed by atoms with van der Waals surface area (Å²) in [5, 5.41) is 2.31. The maximum Gasteiger partial charge on any atom is 0.343 e. The van der Waals surface area contributed by atoms with Crippen molar-refractivity contribution in [3.8, 4) is 0 Å². The largest absolute Gasteiger partial charge is 0.467 e. The summed E-state index contributed by atoms with van der Waals surface area (Å²) in [6.45, 7) is 13.6. The molecule has 1 aliphatic carbocycles. The first-order valence-electron chi connectivity index (χ1n) is 13.0. The highest BCUT2D eigenvalue weighted by molar-refractivity contribution is 6.99. The van der Waals surface area contributed by atoms with E-state index in [-0.39, 0.29) is 17.1 Å². The van der Waals surface area contributed by atoms with Crippen molar-refractivity contribution in [2.75, 3.05) is 13.7 Å². The molecule has 36 heavy (non-hydrogen) atoms. The summed E-state index contributed by atoms with van der Waals surface area (Å²) < 4.78 is 19.2. The lowest BCUT2D eigenvalue weighted by Crippen LogP contribution is -2.67. The van der Waals surface area contributed by atoms with Gasteiger partial charge in [0.15, 0.2) is 5.60 Å². The first kappa shape index (κ1) is 26.6. The monoisotopic (exact) mass is 504 g/mol. The molecule has 5 heteroatoms. The fourth-order valence-electron chi connectivity index (χ4n) is 6.28. The molecule has 0 amide bonds. The number of hydrogen-bond donors (Lipinski definition) is 0. The predicted octanol–water partition coefficient (Wildman–Crippen LogP) is 5.57. The van der Waals surface area contributed by atoms with Crippen molar-refractivity contribution in [1.82, 2.24) is 0 Å². The van der Waals surface area contributed by atoms with Crippen molar-refractivity contribution in [3.63, 3.8) is 0 Å². The van der Waals surface area contributed by atoms with Crippen LogP contribution in [0.3, 0.4) is 0 Å². The van der Waals surface area contributed by atoms with Gasteiger partial charge in [-0.05, 0) is 46.7 Å². The average molecular weight is 505 g/mol. The molecule has 1 heterocycles. The van der Waals surface area contributed by atoms with Crippen molar-refractivity contribution in [2.24, 2.45) is 5.41 Å². The van der Waals surface area contributed by atoms with Crippen LogP contribution in [0, 0.1) is 5.41 Å². The van der Waals surface area contributed by atoms with E-state index < -0.39 is 19.3 Å². The van der Waals surface area contributed by atoms with Gasteiger partial charge in [-0.1, -0.05) is 107 Å². The zero-order chi connectivity index (χ0) is 26.0. The van der Waals surface area contributed by atoms with Gasteiger partial charge in [-0.25, -0.2) is 4.79 Å². The molecular weight excluding hydrogens is 464 g/mol. The second-order valence-electron chi connectivity index (χ2n) is 11.4. The van der Waals surface area contributed by atoms with Crippen LogP contribution in [0.25, 0.3) is 0 Å². The molecule has 0 spiro atoms. The van der Waals surface area contributed by atoms with E-state index in [1.807, 2.05) is 12.1 Å². The van der Waals surface area contributed by atoms with Crippen LogP contribution in [0.4, 0.5) is 0 Å². The summed E-state index contributed by atoms with van der Waals surface area (Å²) in [6, 6.07) is 21.2. The minimum Gasteiger partial charge on any atom is -0.467 e. The van der Waals surface area contributed by atoms with E-state index in [0.29, 0.717) is 13.0 Å². The third-order valence-electron chi connectivity index (χ3n) is 8.05. The molecule has 4 rings (SSSR count). The van der Waals surface area contributed by atoms with Crippen LogP contribution in [0.5, 0.6) is 0 Å². The van der Waals surface area contributed by atoms with Crippen molar-refractivity contribution in [2.45, 2.75) is 70.1 Å². The quantitative estimate of drug-likeness (QED) is 0.281. The number of hydrogen-bond acceptors (Lipinski definition) is 4. The molecule has 0 unspecified atom stereocenters. The van der Waals surface area contributed by atoms with Crippen LogP contribution >= 0.6 is 0 Å². The van der Waals surface area contributed by atoms with Gasteiger partial charge in [-0.2, -0.15) is 0 Å². The molecule has 0 saturated carbocycles. The molecule has 0 aromatic heterocycles. The molecule has 2 aliphatic rings. The lowest BCUT2D eigenvalue weighted by atomic mass is 9.65. The minimum absolute atomic E-state index is 0.136. The maximum absolute atomic E-state index is 13.3. The Labute approximate surface area is 217 Å². The van der Waals surface area contributed by atoms with Crippen LogP contribution in [0.2, 0.25) is 5.04 Å². The Hall–Kier alpha value is -2.47. The molecule has 1 saturated heterocycles. The van der Waals surface area contributed by atoms with Crippen LogP contribution < -0.4 is 10.4 Å². The zero-order valence-corrected chi connectivity index (χ0v) is 23.4. The topological polar surface area (TPSA) is 44.8 Å². The Balaban J connectivity index is 1.71. The first-order chi connectivity index (χ1) is 17.1. The highest BCUT2D eigenvalue weighted by Crippen LogP contribution is 2.53. The third kappa shape index (κ3) is 4.31. The highest BCUT2D eigenvalue weighted by Gasteiger charge is 2.61. The number of benzene rings is 2. The fraction of sp³-hybridized carbons (Fsp3) is 0.452. The Bertz CT molecular complexity index is 1060. The van der Waals surface area contributed by atoms with Crippen LogP contribution in [0.15, 0.2) is 85.0 Å². The molecule has 1 aliphatic heterocycles. The average Bonchev–Trinajstić information content (AvgIpc) is 3.22. The molecule has 1 fully saturated rings. The van der Waals surface area contributed by atoms with Crippen LogP contribution in [-0.4, -0.2) is 39.7 Å². The van der Waals surface area contributed by atoms with Crippen molar-refractivity contribution < 1.29 is 18.7 Å². The normalized spacial score (nSPS) is 26.7. The number of rotatable bonds is 7. The number of carbonyl (C=O) groups is 1. The van der Waals surface area contributed by atoms with E-state index >= 15 is 0 Å². The van der Waals surface area contributed by atoms with E-state index in [0.717, 1.165) is 24.8 Å². The van der Waals surface area contributed by atoms with Crippen molar-refractivity contribution >= 4 is 24.7 Å². The van der Waals surface area contributed by atoms with E-state index in [9.17, 15) is 4.79 Å². The molecular formula is C31H40O4Si. The van der Waals surface area contributed by atoms with E-state index in [4.69, 9.17) is 13.9 Å². The van der Waals surface area contributed by atoms with Gasteiger partial charge in [-0.3, -0.25) is 0 Å². The van der Waals surface area contributed by atoms with Gasteiger partial charge in [-0.15, -0.1) is 0 Å². The zero-order valence-electron chi connectivity index (χ0n) is 22.4. The molecule has 2 aromatic rings. The highest BCUT2D eigenvalue weighted by atomic mass is 28.4. The molecule has 3 atom stereocenters. The molecule has 2 aromatic carbocycles.